The van der Waals surface area contributed by atoms with E-state index in [4.69, 9.17) is 5.73 Å². The van der Waals surface area contributed by atoms with E-state index in [1.807, 2.05) is 6.92 Å². The Morgan fingerprint density at radius 1 is 1.35 bits per heavy atom. The molecule has 0 bridgehead atoms. The fourth-order valence-corrected chi connectivity index (χ4v) is 2.49. The molecule has 2 heterocycles. The molecule has 0 unspecified atom stereocenters. The summed E-state index contributed by atoms with van der Waals surface area (Å²) in [6.07, 6.45) is 3.25. The van der Waals surface area contributed by atoms with Gasteiger partial charge >= 0.3 is 0 Å². The van der Waals surface area contributed by atoms with Crippen molar-refractivity contribution in [3.05, 3.63) is 11.4 Å². The van der Waals surface area contributed by atoms with Gasteiger partial charge in [0.25, 0.3) is 0 Å². The molecule has 1 aromatic heterocycles. The van der Waals surface area contributed by atoms with Gasteiger partial charge in [0.1, 0.15) is 17.5 Å². The third-order valence-electron chi connectivity index (χ3n) is 3.68. The fraction of sp³-hybridized carbons (Fsp3) is 0.692. The molecule has 0 saturated carbocycles. The molecule has 2 N–H and O–H groups in total. The highest BCUT2D eigenvalue weighted by atomic mass is 15.3. The molecule has 94 valence electrons. The van der Waals surface area contributed by atoms with Crippen molar-refractivity contribution in [2.45, 2.75) is 52.5 Å². The van der Waals surface area contributed by atoms with Crippen LogP contribution >= 0.6 is 0 Å². The van der Waals surface area contributed by atoms with Crippen molar-refractivity contribution >= 4 is 11.6 Å². The van der Waals surface area contributed by atoms with Crippen LogP contribution in [0, 0.1) is 6.92 Å². The van der Waals surface area contributed by atoms with Crippen molar-refractivity contribution in [1.82, 2.24) is 9.97 Å². The Hall–Kier alpha value is -1.32. The lowest BCUT2D eigenvalue weighted by atomic mass is 10.0. The van der Waals surface area contributed by atoms with E-state index in [0.29, 0.717) is 5.82 Å². The molecular weight excluding hydrogens is 212 g/mol. The molecule has 4 heteroatoms. The average molecular weight is 234 g/mol. The molecule has 0 atom stereocenters. The first-order chi connectivity index (χ1) is 7.95. The fourth-order valence-electron chi connectivity index (χ4n) is 2.49. The molecule has 0 aromatic carbocycles. The lowest BCUT2D eigenvalue weighted by molar-refractivity contribution is 0.512. The number of nitrogens with zero attached hydrogens (tertiary/aromatic N) is 3. The van der Waals surface area contributed by atoms with Crippen LogP contribution in [0.4, 0.5) is 11.6 Å². The van der Waals surface area contributed by atoms with Crippen LogP contribution in [0.3, 0.4) is 0 Å². The summed E-state index contributed by atoms with van der Waals surface area (Å²) in [4.78, 5) is 11.3. The largest absolute Gasteiger partial charge is 0.383 e. The van der Waals surface area contributed by atoms with Crippen molar-refractivity contribution in [2.75, 3.05) is 17.2 Å². The van der Waals surface area contributed by atoms with Gasteiger partial charge in [0.05, 0.1) is 0 Å². The van der Waals surface area contributed by atoms with Gasteiger partial charge in [-0.25, -0.2) is 9.97 Å². The highest BCUT2D eigenvalue weighted by Gasteiger charge is 2.34. The number of rotatable bonds is 2. The number of hydrogen-bond acceptors (Lipinski definition) is 4. The minimum Gasteiger partial charge on any atom is -0.383 e. The van der Waals surface area contributed by atoms with Gasteiger partial charge < -0.3 is 10.6 Å². The summed E-state index contributed by atoms with van der Waals surface area (Å²) in [5.74, 6) is 2.48. The Balaban J connectivity index is 2.47. The van der Waals surface area contributed by atoms with E-state index in [0.717, 1.165) is 30.2 Å². The van der Waals surface area contributed by atoms with Crippen LogP contribution in [-0.4, -0.2) is 22.1 Å². The van der Waals surface area contributed by atoms with Gasteiger partial charge in [-0.05, 0) is 33.6 Å². The summed E-state index contributed by atoms with van der Waals surface area (Å²) in [7, 11) is 0. The molecule has 17 heavy (non-hydrogen) atoms. The Kier molecular flexibility index (Phi) is 2.98. The number of hydrogen-bond donors (Lipinski definition) is 1. The van der Waals surface area contributed by atoms with Gasteiger partial charge in [-0.2, -0.15) is 0 Å². The Bertz CT molecular complexity index is 426. The summed E-state index contributed by atoms with van der Waals surface area (Å²) in [6, 6.07) is 0. The van der Waals surface area contributed by atoms with Crippen LogP contribution in [0.25, 0.3) is 0 Å². The van der Waals surface area contributed by atoms with Crippen LogP contribution in [0.5, 0.6) is 0 Å². The molecule has 1 aliphatic rings. The van der Waals surface area contributed by atoms with E-state index in [2.05, 4.69) is 35.6 Å². The van der Waals surface area contributed by atoms with Crippen LogP contribution < -0.4 is 10.6 Å². The van der Waals surface area contributed by atoms with Crippen LogP contribution in [-0.2, 0) is 6.42 Å². The van der Waals surface area contributed by atoms with E-state index in [-0.39, 0.29) is 5.54 Å². The lowest BCUT2D eigenvalue weighted by Crippen LogP contribution is -2.39. The van der Waals surface area contributed by atoms with E-state index in [1.54, 1.807) is 0 Å². The first-order valence-electron chi connectivity index (χ1n) is 6.36. The van der Waals surface area contributed by atoms with Gasteiger partial charge in [0, 0.05) is 24.1 Å². The summed E-state index contributed by atoms with van der Waals surface area (Å²) < 4.78 is 0. The topological polar surface area (TPSA) is 55.0 Å². The summed E-state index contributed by atoms with van der Waals surface area (Å²) in [5, 5.41) is 0. The molecule has 0 radical (unpaired) electrons. The second-order valence-corrected chi connectivity index (χ2v) is 5.39. The maximum atomic E-state index is 5.98. The Labute approximate surface area is 103 Å². The molecular formula is C13H22N4. The number of nitrogen functional groups attached to an aromatic ring is 1. The first kappa shape index (κ1) is 12.1. The van der Waals surface area contributed by atoms with Gasteiger partial charge in [-0.15, -0.1) is 0 Å². The summed E-state index contributed by atoms with van der Waals surface area (Å²) in [6.45, 7) is 9.67. The zero-order valence-electron chi connectivity index (χ0n) is 11.2. The second kappa shape index (κ2) is 4.17. The summed E-state index contributed by atoms with van der Waals surface area (Å²) >= 11 is 0. The van der Waals surface area contributed by atoms with E-state index in [1.165, 1.54) is 12.8 Å². The van der Waals surface area contributed by atoms with Crippen LogP contribution in [0.15, 0.2) is 0 Å². The molecule has 0 aliphatic carbocycles. The zero-order chi connectivity index (χ0) is 12.6. The predicted octanol–water partition coefficient (Wildman–Crippen LogP) is 2.31. The van der Waals surface area contributed by atoms with Gasteiger partial charge in [0.2, 0.25) is 0 Å². The molecule has 2 rings (SSSR count). The molecule has 1 saturated heterocycles. The normalized spacial score (nSPS) is 18.7. The highest BCUT2D eigenvalue weighted by Crippen LogP contribution is 2.35. The highest BCUT2D eigenvalue weighted by molar-refractivity contribution is 5.58. The maximum absolute atomic E-state index is 5.98. The van der Waals surface area contributed by atoms with Crippen molar-refractivity contribution < 1.29 is 0 Å². The van der Waals surface area contributed by atoms with Crippen molar-refractivity contribution in [3.8, 4) is 0 Å². The van der Waals surface area contributed by atoms with E-state index < -0.39 is 0 Å². The minimum atomic E-state index is 0.177. The lowest BCUT2D eigenvalue weighted by Gasteiger charge is -2.34. The zero-order valence-corrected chi connectivity index (χ0v) is 11.2. The third-order valence-corrected chi connectivity index (χ3v) is 3.68. The molecule has 0 spiro atoms. The van der Waals surface area contributed by atoms with Crippen molar-refractivity contribution in [3.63, 3.8) is 0 Å². The monoisotopic (exact) mass is 234 g/mol. The van der Waals surface area contributed by atoms with Gasteiger partial charge in [-0.1, -0.05) is 6.92 Å². The SMILES string of the molecule is CCc1nc(N)c(C)c(N2CCCC2(C)C)n1. The summed E-state index contributed by atoms with van der Waals surface area (Å²) in [5.41, 5.74) is 7.16. The number of nitrogens with two attached hydrogens (primary N) is 1. The van der Waals surface area contributed by atoms with Crippen LogP contribution in [0.1, 0.15) is 45.0 Å². The van der Waals surface area contributed by atoms with Gasteiger partial charge in [0.15, 0.2) is 0 Å². The van der Waals surface area contributed by atoms with E-state index in [9.17, 15) is 0 Å². The van der Waals surface area contributed by atoms with Crippen molar-refractivity contribution in [1.29, 1.82) is 0 Å². The molecule has 4 nitrogen and oxygen atoms in total. The predicted molar refractivity (Wildman–Crippen MR) is 71.2 cm³/mol. The molecule has 1 aromatic rings. The standard InChI is InChI=1S/C13H22N4/c1-5-10-15-11(14)9(2)12(16-10)17-8-6-7-13(17,3)4/h5-8H2,1-4H3,(H2,14,15,16). The Morgan fingerprint density at radius 2 is 2.06 bits per heavy atom. The van der Waals surface area contributed by atoms with Crippen LogP contribution in [0.2, 0.25) is 0 Å². The minimum absolute atomic E-state index is 0.177. The molecule has 0 amide bonds. The van der Waals surface area contributed by atoms with Crippen molar-refractivity contribution in [2.24, 2.45) is 0 Å². The first-order valence-corrected chi connectivity index (χ1v) is 6.36. The molecule has 1 fully saturated rings. The molecule has 1 aliphatic heterocycles. The quantitative estimate of drug-likeness (QED) is 0.853. The van der Waals surface area contributed by atoms with E-state index >= 15 is 0 Å². The van der Waals surface area contributed by atoms with Gasteiger partial charge in [-0.3, -0.25) is 0 Å². The third kappa shape index (κ3) is 2.08. The smallest absolute Gasteiger partial charge is 0.137 e. The Morgan fingerprint density at radius 3 is 2.59 bits per heavy atom. The average Bonchev–Trinajstić information content (AvgIpc) is 2.62. The number of anilines is 2. The second-order valence-electron chi connectivity index (χ2n) is 5.39. The maximum Gasteiger partial charge on any atom is 0.137 e. The number of aryl methyl sites for hydroxylation is 1. The number of aromatic nitrogens is 2.